The number of anilines is 1. The van der Waals surface area contributed by atoms with Crippen molar-refractivity contribution >= 4 is 17.7 Å². The maximum atomic E-state index is 12.7. The Labute approximate surface area is 154 Å². The maximum Gasteiger partial charge on any atom is 0.247 e. The molecule has 3 rings (SSSR count). The van der Waals surface area contributed by atoms with Crippen LogP contribution in [0.15, 0.2) is 53.2 Å². The molecule has 1 aliphatic rings. The lowest BCUT2D eigenvalue weighted by Gasteiger charge is -2.25. The van der Waals surface area contributed by atoms with Crippen molar-refractivity contribution in [3.8, 4) is 0 Å². The van der Waals surface area contributed by atoms with Crippen LogP contribution >= 0.6 is 0 Å². The van der Waals surface area contributed by atoms with Gasteiger partial charge in [-0.05, 0) is 48.7 Å². The molecule has 1 saturated heterocycles. The number of carbonyl (C=O) groups is 1. The van der Waals surface area contributed by atoms with Crippen LogP contribution in [0.25, 0.3) is 6.08 Å². The van der Waals surface area contributed by atoms with Crippen molar-refractivity contribution in [3.05, 3.63) is 60.1 Å². The van der Waals surface area contributed by atoms with Crippen LogP contribution in [0.2, 0.25) is 0 Å². The normalized spacial score (nSPS) is 16.9. The van der Waals surface area contributed by atoms with E-state index in [-0.39, 0.29) is 12.0 Å². The Hall–Kier alpha value is -2.53. The summed E-state index contributed by atoms with van der Waals surface area (Å²) < 4.78 is 11.0. The largest absolute Gasteiger partial charge is 0.465 e. The molecule has 0 radical (unpaired) electrons. The Balaban J connectivity index is 1.70. The van der Waals surface area contributed by atoms with Gasteiger partial charge >= 0.3 is 0 Å². The third kappa shape index (κ3) is 4.99. The fourth-order valence-corrected chi connectivity index (χ4v) is 3.03. The first-order chi connectivity index (χ1) is 12.6. The molecule has 0 bridgehead atoms. The first kappa shape index (κ1) is 18.3. The van der Waals surface area contributed by atoms with E-state index in [1.165, 1.54) is 0 Å². The standard InChI is InChI=1S/C21H26N2O3/c1-22(2)18-9-7-17(8-10-18)15-23(16-20-6-4-14-26-20)21(24)12-11-19-5-3-13-25-19/h3,5,7-13,20H,4,6,14-16H2,1-2H3/b12-11-/t20-/m1/s1. The van der Waals surface area contributed by atoms with Gasteiger partial charge in [-0.15, -0.1) is 0 Å². The third-order valence-corrected chi connectivity index (χ3v) is 4.52. The average Bonchev–Trinajstić information content (AvgIpc) is 3.33. The average molecular weight is 354 g/mol. The molecule has 0 spiro atoms. The van der Waals surface area contributed by atoms with E-state index in [1.54, 1.807) is 24.5 Å². The Morgan fingerprint density at radius 2 is 2.04 bits per heavy atom. The Kier molecular flexibility index (Phi) is 6.12. The second-order valence-electron chi connectivity index (χ2n) is 6.76. The number of furan rings is 1. The molecule has 138 valence electrons. The molecular weight excluding hydrogens is 328 g/mol. The van der Waals surface area contributed by atoms with Gasteiger partial charge in [0.05, 0.1) is 12.4 Å². The van der Waals surface area contributed by atoms with Gasteiger partial charge < -0.3 is 19.0 Å². The van der Waals surface area contributed by atoms with Crippen LogP contribution in [0.5, 0.6) is 0 Å². The first-order valence-corrected chi connectivity index (χ1v) is 9.00. The zero-order valence-corrected chi connectivity index (χ0v) is 15.4. The summed E-state index contributed by atoms with van der Waals surface area (Å²) in [7, 11) is 4.03. The molecule has 1 atom stereocenters. The molecule has 0 unspecified atom stereocenters. The Morgan fingerprint density at radius 1 is 1.23 bits per heavy atom. The van der Waals surface area contributed by atoms with Gasteiger partial charge in [-0.3, -0.25) is 4.79 Å². The number of hydrogen-bond acceptors (Lipinski definition) is 4. The van der Waals surface area contributed by atoms with Gasteiger partial charge in [-0.1, -0.05) is 12.1 Å². The summed E-state index contributed by atoms with van der Waals surface area (Å²) in [6.07, 6.45) is 7.07. The topological polar surface area (TPSA) is 45.9 Å². The summed E-state index contributed by atoms with van der Waals surface area (Å²) >= 11 is 0. The fourth-order valence-electron chi connectivity index (χ4n) is 3.03. The van der Waals surface area contributed by atoms with Crippen LogP contribution in [0, 0.1) is 0 Å². The van der Waals surface area contributed by atoms with Gasteiger partial charge in [0.1, 0.15) is 5.76 Å². The van der Waals surface area contributed by atoms with Gasteiger partial charge in [0.15, 0.2) is 0 Å². The highest BCUT2D eigenvalue weighted by molar-refractivity contribution is 5.91. The highest BCUT2D eigenvalue weighted by atomic mass is 16.5. The van der Waals surface area contributed by atoms with Gasteiger partial charge in [0.2, 0.25) is 5.91 Å². The van der Waals surface area contributed by atoms with E-state index in [0.29, 0.717) is 18.8 Å². The molecule has 5 nitrogen and oxygen atoms in total. The van der Waals surface area contributed by atoms with E-state index >= 15 is 0 Å². The second kappa shape index (κ2) is 8.72. The van der Waals surface area contributed by atoms with Gasteiger partial charge in [-0.25, -0.2) is 0 Å². The molecule has 1 aliphatic heterocycles. The molecule has 2 aromatic rings. The number of carbonyl (C=O) groups excluding carboxylic acids is 1. The molecule has 1 aromatic heterocycles. The van der Waals surface area contributed by atoms with Crippen LogP contribution in [0.1, 0.15) is 24.2 Å². The molecule has 1 fully saturated rings. The van der Waals surface area contributed by atoms with Crippen molar-refractivity contribution in [1.82, 2.24) is 4.90 Å². The molecule has 5 heteroatoms. The number of benzene rings is 1. The quantitative estimate of drug-likeness (QED) is 0.713. The lowest BCUT2D eigenvalue weighted by molar-refractivity contribution is -0.128. The lowest BCUT2D eigenvalue weighted by atomic mass is 10.1. The third-order valence-electron chi connectivity index (χ3n) is 4.52. The summed E-state index contributed by atoms with van der Waals surface area (Å²) in [5.74, 6) is 0.638. The highest BCUT2D eigenvalue weighted by Gasteiger charge is 2.21. The van der Waals surface area contributed by atoms with Crippen molar-refractivity contribution < 1.29 is 13.9 Å². The van der Waals surface area contributed by atoms with E-state index in [9.17, 15) is 4.79 Å². The molecule has 0 saturated carbocycles. The molecule has 0 aliphatic carbocycles. The zero-order valence-electron chi connectivity index (χ0n) is 15.4. The second-order valence-corrected chi connectivity index (χ2v) is 6.76. The number of ether oxygens (including phenoxy) is 1. The molecule has 26 heavy (non-hydrogen) atoms. The zero-order chi connectivity index (χ0) is 18.4. The van der Waals surface area contributed by atoms with E-state index in [4.69, 9.17) is 9.15 Å². The Bertz CT molecular complexity index is 714. The fraction of sp³-hybridized carbons (Fsp3) is 0.381. The molecule has 1 amide bonds. The predicted molar refractivity (Wildman–Crippen MR) is 103 cm³/mol. The van der Waals surface area contributed by atoms with E-state index in [1.807, 2.05) is 25.1 Å². The minimum Gasteiger partial charge on any atom is -0.465 e. The minimum absolute atomic E-state index is 0.0337. The van der Waals surface area contributed by atoms with Crippen molar-refractivity contribution in [2.45, 2.75) is 25.5 Å². The highest BCUT2D eigenvalue weighted by Crippen LogP contribution is 2.18. The van der Waals surface area contributed by atoms with E-state index in [2.05, 4.69) is 29.2 Å². The first-order valence-electron chi connectivity index (χ1n) is 9.00. The van der Waals surface area contributed by atoms with Crippen LogP contribution < -0.4 is 4.90 Å². The van der Waals surface area contributed by atoms with Crippen LogP contribution in [-0.4, -0.2) is 44.2 Å². The minimum atomic E-state index is -0.0337. The van der Waals surface area contributed by atoms with Crippen molar-refractivity contribution in [2.24, 2.45) is 0 Å². The number of amides is 1. The van der Waals surface area contributed by atoms with Crippen LogP contribution in [0.3, 0.4) is 0 Å². The molecule has 0 N–H and O–H groups in total. The summed E-state index contributed by atoms with van der Waals surface area (Å²) in [5, 5.41) is 0. The van der Waals surface area contributed by atoms with Gasteiger partial charge in [0.25, 0.3) is 0 Å². The predicted octanol–water partition coefficient (Wildman–Crippen LogP) is 3.57. The van der Waals surface area contributed by atoms with Crippen LogP contribution in [0.4, 0.5) is 5.69 Å². The Morgan fingerprint density at radius 3 is 2.65 bits per heavy atom. The monoisotopic (exact) mass is 354 g/mol. The molecular formula is C21H26N2O3. The van der Waals surface area contributed by atoms with Gasteiger partial charge in [-0.2, -0.15) is 0 Å². The summed E-state index contributed by atoms with van der Waals surface area (Å²) in [5.41, 5.74) is 2.25. The van der Waals surface area contributed by atoms with Crippen molar-refractivity contribution in [2.75, 3.05) is 32.1 Å². The van der Waals surface area contributed by atoms with E-state index < -0.39 is 0 Å². The van der Waals surface area contributed by atoms with Crippen molar-refractivity contribution in [3.63, 3.8) is 0 Å². The van der Waals surface area contributed by atoms with Gasteiger partial charge in [0, 0.05) is 45.6 Å². The van der Waals surface area contributed by atoms with Crippen molar-refractivity contribution in [1.29, 1.82) is 0 Å². The molecule has 2 heterocycles. The molecule has 1 aromatic carbocycles. The number of nitrogens with zero attached hydrogens (tertiary/aromatic N) is 2. The van der Waals surface area contributed by atoms with Crippen LogP contribution in [-0.2, 0) is 16.1 Å². The summed E-state index contributed by atoms with van der Waals surface area (Å²) in [6.45, 7) is 1.96. The van der Waals surface area contributed by atoms with E-state index in [0.717, 1.165) is 30.7 Å². The maximum absolute atomic E-state index is 12.7. The SMILES string of the molecule is CN(C)c1ccc(CN(C[C@H]2CCCO2)C(=O)/C=C\c2ccco2)cc1. The summed E-state index contributed by atoms with van der Waals surface area (Å²) in [6, 6.07) is 11.9. The summed E-state index contributed by atoms with van der Waals surface area (Å²) in [4.78, 5) is 16.6. The number of hydrogen-bond donors (Lipinski definition) is 0. The smallest absolute Gasteiger partial charge is 0.247 e. The number of rotatable bonds is 7. The lowest BCUT2D eigenvalue weighted by Crippen LogP contribution is -2.35.